The van der Waals surface area contributed by atoms with Gasteiger partial charge >= 0.3 is 12.2 Å². The van der Waals surface area contributed by atoms with Crippen LogP contribution in [0.1, 0.15) is 19.8 Å². The van der Waals surface area contributed by atoms with E-state index in [9.17, 15) is 22.0 Å². The van der Waals surface area contributed by atoms with Crippen molar-refractivity contribution in [2.75, 3.05) is 13.2 Å². The minimum Gasteiger partial charge on any atom is -0.378 e. The van der Waals surface area contributed by atoms with Crippen LogP contribution in [0.15, 0.2) is 0 Å². The Bertz CT molecular complexity index is 279. The maximum Gasteiger partial charge on any atom is 0.469 e. The van der Waals surface area contributed by atoms with E-state index in [1.807, 2.05) is 6.92 Å². The molecule has 0 amide bonds. The van der Waals surface area contributed by atoms with Crippen molar-refractivity contribution in [3.05, 3.63) is 0 Å². The number of hydrogen-bond acceptors (Lipinski definition) is 2. The van der Waals surface area contributed by atoms with Crippen molar-refractivity contribution in [1.82, 2.24) is 4.90 Å². The van der Waals surface area contributed by atoms with Crippen LogP contribution >= 0.6 is 0 Å². The SMILES string of the molecule is CC1CC2COCC(C1)N2C(F)(F)C(F)(F)F. The fraction of sp³-hybridized carbons (Fsp3) is 1.00. The van der Waals surface area contributed by atoms with Crippen LogP contribution in [-0.2, 0) is 4.74 Å². The van der Waals surface area contributed by atoms with Crippen molar-refractivity contribution < 1.29 is 26.7 Å². The highest BCUT2D eigenvalue weighted by molar-refractivity contribution is 4.96. The molecule has 2 fully saturated rings. The molecule has 2 aliphatic heterocycles. The molecular weight excluding hydrogens is 245 g/mol. The third-order valence-electron chi connectivity index (χ3n) is 3.42. The first-order valence-electron chi connectivity index (χ1n) is 5.54. The van der Waals surface area contributed by atoms with Gasteiger partial charge in [-0.1, -0.05) is 6.92 Å². The molecule has 2 unspecified atom stereocenters. The molecule has 2 heterocycles. The molecule has 2 saturated heterocycles. The Morgan fingerprint density at radius 1 is 1.00 bits per heavy atom. The molecule has 2 nitrogen and oxygen atoms in total. The Balaban J connectivity index is 2.26. The van der Waals surface area contributed by atoms with Gasteiger partial charge in [0.15, 0.2) is 0 Å². The molecular formula is C10H14F5NO. The number of morpholine rings is 1. The quantitative estimate of drug-likeness (QED) is 0.530. The van der Waals surface area contributed by atoms with Crippen LogP contribution in [0.2, 0.25) is 0 Å². The second-order valence-electron chi connectivity index (χ2n) is 4.87. The maximum atomic E-state index is 13.4. The van der Waals surface area contributed by atoms with Crippen molar-refractivity contribution >= 4 is 0 Å². The summed E-state index contributed by atoms with van der Waals surface area (Å²) in [7, 11) is 0. The molecule has 2 rings (SSSR count). The van der Waals surface area contributed by atoms with Crippen LogP contribution in [0.5, 0.6) is 0 Å². The van der Waals surface area contributed by atoms with Gasteiger partial charge in [-0.3, -0.25) is 0 Å². The van der Waals surface area contributed by atoms with Gasteiger partial charge in [-0.25, -0.2) is 4.90 Å². The maximum absolute atomic E-state index is 13.4. The van der Waals surface area contributed by atoms with Crippen LogP contribution in [0, 0.1) is 5.92 Å². The van der Waals surface area contributed by atoms with Crippen molar-refractivity contribution in [2.24, 2.45) is 5.92 Å². The molecule has 100 valence electrons. The summed E-state index contributed by atoms with van der Waals surface area (Å²) in [5, 5.41) is 0. The van der Waals surface area contributed by atoms with Crippen molar-refractivity contribution in [2.45, 2.75) is 44.1 Å². The average Bonchev–Trinajstić information content (AvgIpc) is 2.13. The topological polar surface area (TPSA) is 12.5 Å². The molecule has 0 spiro atoms. The van der Waals surface area contributed by atoms with E-state index in [0.29, 0.717) is 17.7 Å². The van der Waals surface area contributed by atoms with Crippen LogP contribution < -0.4 is 0 Å². The fourth-order valence-electron chi connectivity index (χ4n) is 2.79. The second-order valence-corrected chi connectivity index (χ2v) is 4.87. The van der Waals surface area contributed by atoms with E-state index >= 15 is 0 Å². The highest BCUT2D eigenvalue weighted by atomic mass is 19.4. The van der Waals surface area contributed by atoms with Gasteiger partial charge in [-0.05, 0) is 18.8 Å². The Hall–Kier alpha value is -0.430. The molecule has 7 heteroatoms. The highest BCUT2D eigenvalue weighted by Gasteiger charge is 2.65. The molecule has 0 N–H and O–H groups in total. The lowest BCUT2D eigenvalue weighted by molar-refractivity contribution is -0.368. The Morgan fingerprint density at radius 2 is 1.47 bits per heavy atom. The smallest absolute Gasteiger partial charge is 0.378 e. The van der Waals surface area contributed by atoms with Crippen molar-refractivity contribution in [3.8, 4) is 0 Å². The molecule has 0 radical (unpaired) electrons. The number of piperidine rings is 1. The Kier molecular flexibility index (Phi) is 3.10. The predicted octanol–water partition coefficient (Wildman–Crippen LogP) is 2.64. The summed E-state index contributed by atoms with van der Waals surface area (Å²) in [4.78, 5) is 0.316. The first-order chi connectivity index (χ1) is 7.73. The Morgan fingerprint density at radius 3 is 1.88 bits per heavy atom. The van der Waals surface area contributed by atoms with E-state index in [-0.39, 0.29) is 19.1 Å². The van der Waals surface area contributed by atoms with Gasteiger partial charge in [0.05, 0.1) is 13.2 Å². The first kappa shape index (κ1) is 13.0. The van der Waals surface area contributed by atoms with Gasteiger partial charge < -0.3 is 4.74 Å². The predicted molar refractivity (Wildman–Crippen MR) is 49.6 cm³/mol. The van der Waals surface area contributed by atoms with Gasteiger partial charge in [0.2, 0.25) is 0 Å². The lowest BCUT2D eigenvalue weighted by Crippen LogP contribution is -2.67. The molecule has 2 aliphatic rings. The minimum absolute atomic E-state index is 0.0491. The third-order valence-corrected chi connectivity index (χ3v) is 3.42. The Labute approximate surface area is 95.7 Å². The summed E-state index contributed by atoms with van der Waals surface area (Å²) in [6, 6.07) is -6.44. The first-order valence-corrected chi connectivity index (χ1v) is 5.54. The average molecular weight is 259 g/mol. The van der Waals surface area contributed by atoms with Crippen molar-refractivity contribution in [1.29, 1.82) is 0 Å². The summed E-state index contributed by atoms with van der Waals surface area (Å²) in [6.07, 6.45) is -4.88. The van der Waals surface area contributed by atoms with E-state index in [1.54, 1.807) is 0 Å². The minimum atomic E-state index is -5.53. The zero-order valence-corrected chi connectivity index (χ0v) is 9.31. The number of nitrogens with zero attached hydrogens (tertiary/aromatic N) is 1. The van der Waals surface area contributed by atoms with Gasteiger partial charge in [0.1, 0.15) is 0 Å². The summed E-state index contributed by atoms with van der Waals surface area (Å²) in [6.45, 7) is 1.77. The fourth-order valence-corrected chi connectivity index (χ4v) is 2.79. The summed E-state index contributed by atoms with van der Waals surface area (Å²) >= 11 is 0. The standard InChI is InChI=1S/C10H14F5NO/c1-6-2-7-4-17-5-8(3-6)16(7)10(14,15)9(11,12)13/h6-8H,2-5H2,1H3. The van der Waals surface area contributed by atoms with E-state index in [0.717, 1.165) is 0 Å². The van der Waals surface area contributed by atoms with Crippen LogP contribution in [0.3, 0.4) is 0 Å². The monoisotopic (exact) mass is 259 g/mol. The lowest BCUT2D eigenvalue weighted by Gasteiger charge is -2.50. The largest absolute Gasteiger partial charge is 0.469 e. The summed E-state index contributed by atoms with van der Waals surface area (Å²) in [5.74, 6) is 0.161. The molecule has 17 heavy (non-hydrogen) atoms. The molecule has 0 aromatic carbocycles. The van der Waals surface area contributed by atoms with E-state index < -0.39 is 24.3 Å². The lowest BCUT2D eigenvalue weighted by atomic mass is 9.86. The normalized spacial score (nSPS) is 36.0. The summed E-state index contributed by atoms with van der Waals surface area (Å²) in [5.41, 5.74) is 0. The molecule has 0 aromatic heterocycles. The zero-order valence-electron chi connectivity index (χ0n) is 9.31. The van der Waals surface area contributed by atoms with Crippen LogP contribution in [0.25, 0.3) is 0 Å². The van der Waals surface area contributed by atoms with Crippen LogP contribution in [-0.4, -0.2) is 42.4 Å². The second kappa shape index (κ2) is 4.05. The van der Waals surface area contributed by atoms with E-state index in [4.69, 9.17) is 4.74 Å². The van der Waals surface area contributed by atoms with Gasteiger partial charge in [-0.15, -0.1) is 0 Å². The molecule has 2 bridgehead atoms. The zero-order chi connectivity index (χ0) is 12.8. The van der Waals surface area contributed by atoms with Gasteiger partial charge in [0.25, 0.3) is 0 Å². The third kappa shape index (κ3) is 2.14. The number of halogens is 5. The van der Waals surface area contributed by atoms with E-state index in [1.165, 1.54) is 0 Å². The number of alkyl halides is 5. The van der Waals surface area contributed by atoms with Gasteiger partial charge in [0, 0.05) is 12.1 Å². The summed E-state index contributed by atoms with van der Waals surface area (Å²) < 4.78 is 69.1. The van der Waals surface area contributed by atoms with Crippen LogP contribution in [0.4, 0.5) is 22.0 Å². The van der Waals surface area contributed by atoms with Crippen molar-refractivity contribution in [3.63, 3.8) is 0 Å². The molecule has 0 saturated carbocycles. The van der Waals surface area contributed by atoms with E-state index in [2.05, 4.69) is 0 Å². The van der Waals surface area contributed by atoms with Gasteiger partial charge in [-0.2, -0.15) is 22.0 Å². The highest BCUT2D eigenvalue weighted by Crippen LogP contribution is 2.45. The molecule has 2 atom stereocenters. The number of ether oxygens (including phenoxy) is 1. The molecule has 0 aromatic rings. The number of hydrogen-bond donors (Lipinski definition) is 0. The number of fused-ring (bicyclic) bond motifs is 2. The number of rotatable bonds is 1. The molecule has 0 aliphatic carbocycles.